The minimum absolute atomic E-state index is 0.117. The maximum atomic E-state index is 13.9. The molecule has 6 nitrogen and oxygen atoms in total. The summed E-state index contributed by atoms with van der Waals surface area (Å²) in [6, 6.07) is 5.52. The predicted octanol–water partition coefficient (Wildman–Crippen LogP) is 1.58. The molecule has 1 aliphatic rings. The number of halogens is 1. The molecule has 0 atom stereocenters. The number of anilines is 1. The van der Waals surface area contributed by atoms with E-state index in [1.165, 1.54) is 43.5 Å². The van der Waals surface area contributed by atoms with Gasteiger partial charge in [0.1, 0.15) is 12.4 Å². The van der Waals surface area contributed by atoms with Gasteiger partial charge in [-0.15, -0.1) is 0 Å². The summed E-state index contributed by atoms with van der Waals surface area (Å²) in [6.45, 7) is 3.17. The molecule has 1 aromatic rings. The van der Waals surface area contributed by atoms with Crippen molar-refractivity contribution in [3.63, 3.8) is 0 Å². The first kappa shape index (κ1) is 19.7. The van der Waals surface area contributed by atoms with Gasteiger partial charge >= 0.3 is 0 Å². The smallest absolute Gasteiger partial charge is 0.240 e. The van der Waals surface area contributed by atoms with Crippen molar-refractivity contribution in [1.82, 2.24) is 10.2 Å². The second-order valence-electron chi connectivity index (χ2n) is 6.33. The van der Waals surface area contributed by atoms with Crippen LogP contribution in [0.1, 0.15) is 25.7 Å². The van der Waals surface area contributed by atoms with Crippen LogP contribution in [0.15, 0.2) is 24.3 Å². The molecule has 0 aromatic heterocycles. The van der Waals surface area contributed by atoms with Crippen molar-refractivity contribution >= 4 is 21.6 Å². The number of piperidine rings is 1. The van der Waals surface area contributed by atoms with Crippen LogP contribution in [-0.2, 0) is 14.8 Å². The zero-order chi connectivity index (χ0) is 18.3. The summed E-state index contributed by atoms with van der Waals surface area (Å²) in [5.41, 5.74) is -0.117. The number of amides is 1. The van der Waals surface area contributed by atoms with E-state index in [1.54, 1.807) is 0 Å². The Bertz CT molecular complexity index is 675. The molecule has 1 aromatic carbocycles. The Kier molecular flexibility index (Phi) is 7.19. The fourth-order valence-corrected chi connectivity index (χ4v) is 3.79. The Hall–Kier alpha value is -1.67. The lowest BCUT2D eigenvalue weighted by atomic mass is 10.1. The summed E-state index contributed by atoms with van der Waals surface area (Å²) in [7, 11) is -3.76. The molecule has 1 amide bonds. The number of carbonyl (C=O) groups excluding carboxylic acids is 1. The molecule has 0 saturated carbocycles. The number of sulfonamides is 1. The Morgan fingerprint density at radius 2 is 1.92 bits per heavy atom. The van der Waals surface area contributed by atoms with E-state index in [2.05, 4.69) is 10.2 Å². The summed E-state index contributed by atoms with van der Waals surface area (Å²) in [4.78, 5) is 14.5. The van der Waals surface area contributed by atoms with Crippen LogP contribution in [0.5, 0.6) is 0 Å². The van der Waals surface area contributed by atoms with Gasteiger partial charge in [-0.3, -0.25) is 9.10 Å². The van der Waals surface area contributed by atoms with Crippen molar-refractivity contribution in [3.8, 4) is 0 Å². The molecule has 1 saturated heterocycles. The van der Waals surface area contributed by atoms with E-state index in [1.807, 2.05) is 0 Å². The molecule has 0 spiro atoms. The van der Waals surface area contributed by atoms with E-state index in [0.717, 1.165) is 36.6 Å². The van der Waals surface area contributed by atoms with Gasteiger partial charge in [0.15, 0.2) is 0 Å². The summed E-state index contributed by atoms with van der Waals surface area (Å²) in [5, 5.41) is 2.72. The molecule has 1 fully saturated rings. The van der Waals surface area contributed by atoms with Gasteiger partial charge in [0.25, 0.3) is 0 Å². The van der Waals surface area contributed by atoms with Crippen LogP contribution in [0.4, 0.5) is 10.1 Å². The molecular formula is C17H26FN3O3S. The number of carbonyl (C=O) groups is 1. The number of para-hydroxylation sites is 1. The fraction of sp³-hybridized carbons (Fsp3) is 0.588. The number of likely N-dealkylation sites (tertiary alicyclic amines) is 1. The second kappa shape index (κ2) is 9.15. The van der Waals surface area contributed by atoms with E-state index in [9.17, 15) is 17.6 Å². The van der Waals surface area contributed by atoms with Gasteiger partial charge in [0.05, 0.1) is 11.9 Å². The normalized spacial score (nSPS) is 15.8. The molecule has 0 bridgehead atoms. The maximum absolute atomic E-state index is 13.9. The fourth-order valence-electron chi connectivity index (χ4n) is 2.93. The van der Waals surface area contributed by atoms with Crippen LogP contribution in [0.3, 0.4) is 0 Å². The summed E-state index contributed by atoms with van der Waals surface area (Å²) in [6.07, 6.45) is 5.49. The van der Waals surface area contributed by atoms with Gasteiger partial charge in [-0.2, -0.15) is 0 Å². The van der Waals surface area contributed by atoms with Crippen molar-refractivity contribution in [3.05, 3.63) is 30.1 Å². The number of rotatable bonds is 8. The van der Waals surface area contributed by atoms with E-state index < -0.39 is 28.3 Å². The first-order valence-electron chi connectivity index (χ1n) is 8.59. The number of nitrogens with zero attached hydrogens (tertiary/aromatic N) is 2. The Morgan fingerprint density at radius 3 is 2.56 bits per heavy atom. The van der Waals surface area contributed by atoms with Gasteiger partial charge in [0, 0.05) is 6.54 Å². The molecule has 1 N–H and O–H groups in total. The van der Waals surface area contributed by atoms with Crippen molar-refractivity contribution in [1.29, 1.82) is 0 Å². The van der Waals surface area contributed by atoms with E-state index in [0.29, 0.717) is 6.54 Å². The molecule has 8 heteroatoms. The molecule has 140 valence electrons. The monoisotopic (exact) mass is 371 g/mol. The quantitative estimate of drug-likeness (QED) is 0.705. The third-order valence-corrected chi connectivity index (χ3v) is 5.36. The van der Waals surface area contributed by atoms with Gasteiger partial charge in [-0.25, -0.2) is 12.8 Å². The molecule has 2 rings (SSSR count). The van der Waals surface area contributed by atoms with Gasteiger partial charge < -0.3 is 10.2 Å². The van der Waals surface area contributed by atoms with E-state index >= 15 is 0 Å². The van der Waals surface area contributed by atoms with Crippen LogP contribution in [-0.4, -0.2) is 58.2 Å². The molecule has 0 unspecified atom stereocenters. The minimum Gasteiger partial charge on any atom is -0.354 e. The van der Waals surface area contributed by atoms with Crippen LogP contribution < -0.4 is 9.62 Å². The first-order valence-corrected chi connectivity index (χ1v) is 10.4. The van der Waals surface area contributed by atoms with Crippen LogP contribution in [0, 0.1) is 5.82 Å². The van der Waals surface area contributed by atoms with Crippen molar-refractivity contribution in [2.45, 2.75) is 25.7 Å². The topological polar surface area (TPSA) is 69.7 Å². The van der Waals surface area contributed by atoms with E-state index in [4.69, 9.17) is 0 Å². The lowest BCUT2D eigenvalue weighted by molar-refractivity contribution is -0.119. The average Bonchev–Trinajstić information content (AvgIpc) is 2.57. The summed E-state index contributed by atoms with van der Waals surface area (Å²) < 4.78 is 38.5. The zero-order valence-electron chi connectivity index (χ0n) is 14.6. The van der Waals surface area contributed by atoms with Gasteiger partial charge in [-0.05, 0) is 51.0 Å². The highest BCUT2D eigenvalue weighted by Crippen LogP contribution is 2.20. The molecule has 25 heavy (non-hydrogen) atoms. The first-order chi connectivity index (χ1) is 11.9. The lowest BCUT2D eigenvalue weighted by Gasteiger charge is -2.26. The minimum atomic E-state index is -3.76. The SMILES string of the molecule is CS(=O)(=O)N(CC(=O)NCCCN1CCCCC1)c1ccccc1F. The molecule has 1 aliphatic heterocycles. The standard InChI is InChI=1S/C17H26FN3O3S/c1-25(23,24)21(16-9-4-3-8-15(16)18)14-17(22)19-10-7-13-20-11-5-2-6-12-20/h3-4,8-9H,2,5-7,10-14H2,1H3,(H,19,22). The largest absolute Gasteiger partial charge is 0.354 e. The maximum Gasteiger partial charge on any atom is 0.240 e. The highest BCUT2D eigenvalue weighted by molar-refractivity contribution is 7.92. The summed E-state index contributed by atoms with van der Waals surface area (Å²) in [5.74, 6) is -1.11. The van der Waals surface area contributed by atoms with Gasteiger partial charge in [0.2, 0.25) is 15.9 Å². The van der Waals surface area contributed by atoms with Crippen molar-refractivity contribution in [2.75, 3.05) is 43.3 Å². The average molecular weight is 371 g/mol. The van der Waals surface area contributed by atoms with Crippen molar-refractivity contribution in [2.24, 2.45) is 0 Å². The highest BCUT2D eigenvalue weighted by Gasteiger charge is 2.23. The molecular weight excluding hydrogens is 345 g/mol. The number of benzene rings is 1. The molecule has 1 heterocycles. The predicted molar refractivity (Wildman–Crippen MR) is 96.5 cm³/mol. The number of hydrogen-bond acceptors (Lipinski definition) is 4. The number of nitrogens with one attached hydrogen (secondary N) is 1. The lowest BCUT2D eigenvalue weighted by Crippen LogP contribution is -2.41. The van der Waals surface area contributed by atoms with Crippen LogP contribution in [0.2, 0.25) is 0 Å². The second-order valence-corrected chi connectivity index (χ2v) is 8.23. The molecule has 0 aliphatic carbocycles. The van der Waals surface area contributed by atoms with Crippen LogP contribution in [0.25, 0.3) is 0 Å². The highest BCUT2D eigenvalue weighted by atomic mass is 32.2. The van der Waals surface area contributed by atoms with Crippen LogP contribution >= 0.6 is 0 Å². The zero-order valence-corrected chi connectivity index (χ0v) is 15.4. The Labute approximate surface area is 149 Å². The number of hydrogen-bond donors (Lipinski definition) is 1. The van der Waals surface area contributed by atoms with E-state index in [-0.39, 0.29) is 5.69 Å². The Balaban J connectivity index is 1.84. The Morgan fingerprint density at radius 1 is 1.24 bits per heavy atom. The van der Waals surface area contributed by atoms with Gasteiger partial charge in [-0.1, -0.05) is 18.6 Å². The third kappa shape index (κ3) is 6.28. The van der Waals surface area contributed by atoms with Crippen molar-refractivity contribution < 1.29 is 17.6 Å². The molecule has 0 radical (unpaired) electrons. The summed E-state index contributed by atoms with van der Waals surface area (Å²) >= 11 is 0. The third-order valence-electron chi connectivity index (χ3n) is 4.23.